The molecule has 0 aliphatic carbocycles. The summed E-state index contributed by atoms with van der Waals surface area (Å²) in [4.78, 5) is 10.7. The second kappa shape index (κ2) is 2.40. The van der Waals surface area contributed by atoms with E-state index in [9.17, 15) is 4.79 Å². The molecule has 0 aromatic rings. The van der Waals surface area contributed by atoms with Gasteiger partial charge in [-0.05, 0) is 0 Å². The van der Waals surface area contributed by atoms with E-state index in [0.717, 1.165) is 0 Å². The molecule has 0 aromatic heterocycles. The van der Waals surface area contributed by atoms with E-state index < -0.39 is 36.7 Å². The lowest BCUT2D eigenvalue weighted by molar-refractivity contribution is -0.168. The van der Waals surface area contributed by atoms with Crippen LogP contribution < -0.4 is 0 Å². The first kappa shape index (κ1) is 7.93. The van der Waals surface area contributed by atoms with Gasteiger partial charge in [0.1, 0.15) is 12.2 Å². The fraction of sp³-hybridized carbons (Fsp3) is 0.833. The van der Waals surface area contributed by atoms with Gasteiger partial charge < -0.3 is 24.8 Å². The van der Waals surface area contributed by atoms with Crippen LogP contribution in [-0.4, -0.2) is 52.0 Å². The van der Waals surface area contributed by atoms with Crippen LogP contribution in [0.5, 0.6) is 0 Å². The lowest BCUT2D eigenvalue weighted by Crippen LogP contribution is -2.32. The molecule has 0 spiro atoms. The highest BCUT2D eigenvalue weighted by Gasteiger charge is 2.56. The van der Waals surface area contributed by atoms with Crippen molar-refractivity contribution in [2.45, 2.75) is 30.7 Å². The fourth-order valence-corrected chi connectivity index (χ4v) is 1.40. The maximum Gasteiger partial charge on any atom is 0.338 e. The second-order valence-electron chi connectivity index (χ2n) is 2.83. The Labute approximate surface area is 67.3 Å². The number of fused-ring (bicyclic) bond motifs is 1. The van der Waals surface area contributed by atoms with E-state index >= 15 is 0 Å². The molecule has 6 nitrogen and oxygen atoms in total. The Morgan fingerprint density at radius 2 is 1.83 bits per heavy atom. The summed E-state index contributed by atoms with van der Waals surface area (Å²) < 4.78 is 9.25. The van der Waals surface area contributed by atoms with Crippen molar-refractivity contribution in [3.63, 3.8) is 0 Å². The van der Waals surface area contributed by atoms with Crippen LogP contribution in [0.15, 0.2) is 0 Å². The monoisotopic (exact) mass is 176 g/mol. The Bertz CT molecular complexity index is 216. The summed E-state index contributed by atoms with van der Waals surface area (Å²) in [5, 5.41) is 27.2. The fourth-order valence-electron chi connectivity index (χ4n) is 1.40. The predicted octanol–water partition coefficient (Wildman–Crippen LogP) is -2.65. The van der Waals surface area contributed by atoms with E-state index in [0.29, 0.717) is 0 Å². The van der Waals surface area contributed by atoms with Crippen molar-refractivity contribution in [1.82, 2.24) is 0 Å². The SMILES string of the molecule is O=C1O[C@H]2C(O)[C@H](O)O[C@@H]2C1O. The predicted molar refractivity (Wildman–Crippen MR) is 32.8 cm³/mol. The van der Waals surface area contributed by atoms with Crippen molar-refractivity contribution in [3.8, 4) is 0 Å². The van der Waals surface area contributed by atoms with Crippen molar-refractivity contribution in [1.29, 1.82) is 0 Å². The van der Waals surface area contributed by atoms with Crippen molar-refractivity contribution in [3.05, 3.63) is 0 Å². The largest absolute Gasteiger partial charge is 0.454 e. The van der Waals surface area contributed by atoms with Crippen LogP contribution >= 0.6 is 0 Å². The van der Waals surface area contributed by atoms with Gasteiger partial charge in [-0.25, -0.2) is 4.79 Å². The molecule has 68 valence electrons. The summed E-state index contributed by atoms with van der Waals surface area (Å²) >= 11 is 0. The summed E-state index contributed by atoms with van der Waals surface area (Å²) in [6, 6.07) is 0. The molecule has 0 radical (unpaired) electrons. The smallest absolute Gasteiger partial charge is 0.338 e. The third-order valence-corrected chi connectivity index (χ3v) is 2.05. The zero-order chi connectivity index (χ0) is 8.88. The van der Waals surface area contributed by atoms with Gasteiger partial charge in [-0.3, -0.25) is 0 Å². The van der Waals surface area contributed by atoms with Crippen LogP contribution in [0.25, 0.3) is 0 Å². The van der Waals surface area contributed by atoms with Gasteiger partial charge in [-0.15, -0.1) is 0 Å². The van der Waals surface area contributed by atoms with Crippen molar-refractivity contribution < 1.29 is 29.6 Å². The Hall–Kier alpha value is -0.690. The number of hydrogen-bond donors (Lipinski definition) is 3. The number of aliphatic hydroxyl groups is 3. The summed E-state index contributed by atoms with van der Waals surface area (Å²) in [5.41, 5.74) is 0. The first-order valence-corrected chi connectivity index (χ1v) is 3.51. The molecule has 2 rings (SSSR count). The van der Waals surface area contributed by atoms with Gasteiger partial charge >= 0.3 is 5.97 Å². The molecule has 2 aliphatic rings. The average molecular weight is 176 g/mol. The van der Waals surface area contributed by atoms with E-state index in [1.807, 2.05) is 0 Å². The second-order valence-corrected chi connectivity index (χ2v) is 2.83. The first-order chi connectivity index (χ1) is 5.61. The van der Waals surface area contributed by atoms with Gasteiger partial charge in [0.05, 0.1) is 0 Å². The van der Waals surface area contributed by atoms with E-state index in [4.69, 9.17) is 15.3 Å². The highest BCUT2D eigenvalue weighted by molar-refractivity contribution is 5.78. The van der Waals surface area contributed by atoms with Gasteiger partial charge in [0.15, 0.2) is 18.5 Å². The molecule has 2 unspecified atom stereocenters. The zero-order valence-corrected chi connectivity index (χ0v) is 5.95. The minimum Gasteiger partial charge on any atom is -0.454 e. The minimum absolute atomic E-state index is 0.823. The molecular weight excluding hydrogens is 168 g/mol. The minimum atomic E-state index is -1.40. The van der Waals surface area contributed by atoms with Crippen LogP contribution in [0.2, 0.25) is 0 Å². The summed E-state index contributed by atoms with van der Waals surface area (Å²) in [6.45, 7) is 0. The van der Waals surface area contributed by atoms with Crippen LogP contribution in [0.1, 0.15) is 0 Å². The number of ether oxygens (including phenoxy) is 2. The molecule has 3 N–H and O–H groups in total. The number of carbonyl (C=O) groups is 1. The molecular formula is C6H8O6. The Kier molecular flexibility index (Phi) is 1.58. The normalized spacial score (nSPS) is 52.2. The Morgan fingerprint density at radius 1 is 1.17 bits per heavy atom. The van der Waals surface area contributed by atoms with Crippen LogP contribution in [0.4, 0.5) is 0 Å². The highest BCUT2D eigenvalue weighted by atomic mass is 16.7. The maximum atomic E-state index is 10.7. The van der Waals surface area contributed by atoms with Crippen LogP contribution in [0.3, 0.4) is 0 Å². The molecule has 12 heavy (non-hydrogen) atoms. The number of hydrogen-bond acceptors (Lipinski definition) is 6. The number of esters is 1. The zero-order valence-electron chi connectivity index (χ0n) is 5.95. The maximum absolute atomic E-state index is 10.7. The van der Waals surface area contributed by atoms with E-state index in [1.165, 1.54) is 0 Å². The van der Waals surface area contributed by atoms with Crippen LogP contribution in [0, 0.1) is 0 Å². The third kappa shape index (κ3) is 0.862. The Balaban J connectivity index is 2.19. The van der Waals surface area contributed by atoms with Gasteiger partial charge in [-0.1, -0.05) is 0 Å². The topological polar surface area (TPSA) is 96.2 Å². The Morgan fingerprint density at radius 3 is 2.42 bits per heavy atom. The lowest BCUT2D eigenvalue weighted by atomic mass is 10.1. The first-order valence-electron chi connectivity index (χ1n) is 3.51. The summed E-state index contributed by atoms with van der Waals surface area (Å²) in [7, 11) is 0. The number of carbonyl (C=O) groups excluding carboxylic acids is 1. The molecule has 5 atom stereocenters. The molecule has 0 saturated carbocycles. The molecule has 0 aromatic carbocycles. The average Bonchev–Trinajstić information content (AvgIpc) is 2.43. The standard InChI is InChI=1S/C6H8O6/c7-1-3-4(12-5(1)9)2(8)6(10)11-3/h1-5,7-9H/t1?,2?,3-,4+,5+/m0/s1. The van der Waals surface area contributed by atoms with Gasteiger partial charge in [0, 0.05) is 0 Å². The molecule has 2 heterocycles. The lowest BCUT2D eigenvalue weighted by Gasteiger charge is -2.10. The number of aliphatic hydroxyl groups excluding tert-OH is 3. The highest BCUT2D eigenvalue weighted by Crippen LogP contribution is 2.30. The van der Waals surface area contributed by atoms with Gasteiger partial charge in [-0.2, -0.15) is 0 Å². The van der Waals surface area contributed by atoms with E-state index in [-0.39, 0.29) is 0 Å². The summed E-state index contributed by atoms with van der Waals surface area (Å²) in [5.74, 6) is -0.823. The molecule has 0 bridgehead atoms. The summed E-state index contributed by atoms with van der Waals surface area (Å²) in [6.07, 6.45) is -5.94. The molecule has 6 heteroatoms. The van der Waals surface area contributed by atoms with E-state index in [1.54, 1.807) is 0 Å². The van der Waals surface area contributed by atoms with Crippen molar-refractivity contribution in [2.24, 2.45) is 0 Å². The molecule has 2 fully saturated rings. The molecule has 2 aliphatic heterocycles. The van der Waals surface area contributed by atoms with E-state index in [2.05, 4.69) is 9.47 Å². The van der Waals surface area contributed by atoms with Crippen LogP contribution in [-0.2, 0) is 14.3 Å². The molecule has 0 amide bonds. The van der Waals surface area contributed by atoms with Gasteiger partial charge in [0.2, 0.25) is 0 Å². The van der Waals surface area contributed by atoms with Crippen molar-refractivity contribution in [2.75, 3.05) is 0 Å². The van der Waals surface area contributed by atoms with Crippen molar-refractivity contribution >= 4 is 5.97 Å². The quantitative estimate of drug-likeness (QED) is 0.349. The van der Waals surface area contributed by atoms with Gasteiger partial charge in [0.25, 0.3) is 0 Å². The molecule has 2 saturated heterocycles. The third-order valence-electron chi connectivity index (χ3n) is 2.05. The number of rotatable bonds is 0.